The molecule has 0 spiro atoms. The summed E-state index contributed by atoms with van der Waals surface area (Å²) in [6, 6.07) is 4.63. The molecule has 1 aromatic heterocycles. The Bertz CT molecular complexity index is 698. The lowest BCUT2D eigenvalue weighted by Crippen LogP contribution is -2.03. The highest BCUT2D eigenvalue weighted by atomic mass is 79.9. The van der Waals surface area contributed by atoms with Crippen LogP contribution in [0.2, 0.25) is 0 Å². The number of nitro benzene ring substituents is 1. The first-order valence-electron chi connectivity index (χ1n) is 5.50. The Morgan fingerprint density at radius 1 is 1.30 bits per heavy atom. The number of nitrogens with zero attached hydrogens (tertiary/aromatic N) is 4. The topological polar surface area (TPSA) is 104 Å². The van der Waals surface area contributed by atoms with E-state index in [-0.39, 0.29) is 18.1 Å². The van der Waals surface area contributed by atoms with Gasteiger partial charge in [-0.3, -0.25) is 10.1 Å². The van der Waals surface area contributed by atoms with Crippen LogP contribution in [0.4, 0.5) is 11.5 Å². The van der Waals surface area contributed by atoms with Crippen molar-refractivity contribution in [1.82, 2.24) is 9.78 Å². The number of aromatic nitrogens is 2. The second-order valence-corrected chi connectivity index (χ2v) is 4.89. The largest absolute Gasteiger partial charge is 0.392 e. The Kier molecular flexibility index (Phi) is 3.79. The zero-order chi connectivity index (χ0) is 14.9. The van der Waals surface area contributed by atoms with Crippen LogP contribution < -0.4 is 0 Å². The summed E-state index contributed by atoms with van der Waals surface area (Å²) in [5.41, 5.74) is 1.01. The van der Waals surface area contributed by atoms with Crippen LogP contribution in [-0.4, -0.2) is 19.6 Å². The fourth-order valence-corrected chi connectivity index (χ4v) is 2.31. The van der Waals surface area contributed by atoms with Gasteiger partial charge in [-0.1, -0.05) is 12.1 Å². The molecule has 0 N–H and O–H groups in total. The molecule has 8 nitrogen and oxygen atoms in total. The highest BCUT2D eigenvalue weighted by Gasteiger charge is 2.20. The van der Waals surface area contributed by atoms with Gasteiger partial charge in [0, 0.05) is 6.07 Å². The number of rotatable bonds is 4. The smallest absolute Gasteiger partial charge is 0.358 e. The Morgan fingerprint density at radius 3 is 2.55 bits per heavy atom. The molecule has 0 amide bonds. The molecule has 0 saturated carbocycles. The average Bonchev–Trinajstić information content (AvgIpc) is 2.72. The minimum atomic E-state index is -0.561. The molecule has 0 unspecified atom stereocenters. The van der Waals surface area contributed by atoms with E-state index in [4.69, 9.17) is 0 Å². The monoisotopic (exact) mass is 340 g/mol. The molecule has 20 heavy (non-hydrogen) atoms. The maximum absolute atomic E-state index is 10.8. The van der Waals surface area contributed by atoms with Crippen LogP contribution in [0, 0.1) is 27.2 Å². The van der Waals surface area contributed by atoms with Gasteiger partial charge in [0.25, 0.3) is 5.69 Å². The van der Waals surface area contributed by atoms with Crippen LogP contribution in [0.5, 0.6) is 0 Å². The van der Waals surface area contributed by atoms with Crippen molar-refractivity contribution >= 4 is 27.4 Å². The first-order valence-corrected chi connectivity index (χ1v) is 6.29. The Balaban J connectivity index is 2.35. The Morgan fingerprint density at radius 2 is 2.00 bits per heavy atom. The van der Waals surface area contributed by atoms with Crippen LogP contribution in [0.15, 0.2) is 28.9 Å². The van der Waals surface area contributed by atoms with Crippen molar-refractivity contribution < 1.29 is 9.85 Å². The average molecular weight is 341 g/mol. The lowest BCUT2D eigenvalue weighted by Gasteiger charge is -2.02. The van der Waals surface area contributed by atoms with E-state index in [1.807, 2.05) is 0 Å². The summed E-state index contributed by atoms with van der Waals surface area (Å²) in [7, 11) is 0. The predicted molar refractivity (Wildman–Crippen MR) is 73.5 cm³/mol. The van der Waals surface area contributed by atoms with E-state index in [2.05, 4.69) is 21.0 Å². The van der Waals surface area contributed by atoms with E-state index < -0.39 is 9.85 Å². The lowest BCUT2D eigenvalue weighted by atomic mass is 10.2. The fraction of sp³-hybridized carbons (Fsp3) is 0.182. The molecule has 2 aromatic rings. The molecule has 0 saturated heterocycles. The second-order valence-electron chi connectivity index (χ2n) is 4.10. The van der Waals surface area contributed by atoms with Gasteiger partial charge < -0.3 is 10.1 Å². The summed E-state index contributed by atoms with van der Waals surface area (Å²) < 4.78 is 1.73. The van der Waals surface area contributed by atoms with Gasteiger partial charge in [-0.2, -0.15) is 4.68 Å². The number of nitro groups is 2. The molecule has 1 heterocycles. The molecule has 0 aliphatic carbocycles. The maximum atomic E-state index is 10.8. The predicted octanol–water partition coefficient (Wildman–Crippen LogP) is 2.82. The van der Waals surface area contributed by atoms with Crippen molar-refractivity contribution in [2.45, 2.75) is 13.5 Å². The van der Waals surface area contributed by atoms with Gasteiger partial charge in [-0.05, 0) is 33.3 Å². The van der Waals surface area contributed by atoms with Crippen molar-refractivity contribution in [3.05, 3.63) is 60.2 Å². The van der Waals surface area contributed by atoms with Crippen LogP contribution in [0.1, 0.15) is 11.1 Å². The summed E-state index contributed by atoms with van der Waals surface area (Å²) >= 11 is 3.18. The third-order valence-corrected chi connectivity index (χ3v) is 3.59. The van der Waals surface area contributed by atoms with E-state index in [0.29, 0.717) is 15.6 Å². The minimum absolute atomic E-state index is 0.0547. The molecule has 104 valence electrons. The number of halogens is 1. The second kappa shape index (κ2) is 5.37. The SMILES string of the molecule is Cc1cn(Cc2cccc([N+](=O)[O-])c2Br)nc1[N+](=O)[O-]. The first kappa shape index (κ1) is 14.1. The van der Waals surface area contributed by atoms with Crippen molar-refractivity contribution in [2.75, 3.05) is 0 Å². The molecular weight excluding hydrogens is 332 g/mol. The van der Waals surface area contributed by atoms with Crippen LogP contribution >= 0.6 is 15.9 Å². The van der Waals surface area contributed by atoms with E-state index in [1.165, 1.54) is 16.9 Å². The lowest BCUT2D eigenvalue weighted by molar-refractivity contribution is -0.390. The van der Waals surface area contributed by atoms with Gasteiger partial charge >= 0.3 is 5.82 Å². The number of hydrogen-bond donors (Lipinski definition) is 0. The summed E-state index contributed by atoms with van der Waals surface area (Å²) in [6.45, 7) is 1.79. The molecule has 0 bridgehead atoms. The molecular formula is C11H9BrN4O4. The molecule has 0 atom stereocenters. The zero-order valence-electron chi connectivity index (χ0n) is 10.3. The van der Waals surface area contributed by atoms with Crippen molar-refractivity contribution in [3.8, 4) is 0 Å². The van der Waals surface area contributed by atoms with Crippen LogP contribution in [0.3, 0.4) is 0 Å². The van der Waals surface area contributed by atoms with Gasteiger partial charge in [-0.15, -0.1) is 0 Å². The summed E-state index contributed by atoms with van der Waals surface area (Å²) in [4.78, 5) is 20.5. The first-order chi connectivity index (χ1) is 9.40. The zero-order valence-corrected chi connectivity index (χ0v) is 11.9. The normalized spacial score (nSPS) is 10.5. The molecule has 9 heteroatoms. The van der Waals surface area contributed by atoms with Gasteiger partial charge in [0.2, 0.25) is 0 Å². The van der Waals surface area contributed by atoms with E-state index >= 15 is 0 Å². The van der Waals surface area contributed by atoms with Gasteiger partial charge in [0.05, 0.1) is 28.3 Å². The Labute approximate surface area is 121 Å². The summed E-state index contributed by atoms with van der Waals surface area (Å²) in [5.74, 6) is -0.216. The van der Waals surface area contributed by atoms with E-state index in [1.54, 1.807) is 19.1 Å². The molecule has 2 rings (SSSR count). The molecule has 1 aromatic carbocycles. The molecule has 0 fully saturated rings. The number of aryl methyl sites for hydroxylation is 1. The summed E-state index contributed by atoms with van der Waals surface area (Å²) in [6.07, 6.45) is 1.53. The number of hydrogen-bond acceptors (Lipinski definition) is 5. The summed E-state index contributed by atoms with van der Waals surface area (Å²) in [5, 5.41) is 25.4. The van der Waals surface area contributed by atoms with Crippen LogP contribution in [0.25, 0.3) is 0 Å². The van der Waals surface area contributed by atoms with E-state index in [0.717, 1.165) is 0 Å². The molecule has 0 aliphatic heterocycles. The highest BCUT2D eigenvalue weighted by Crippen LogP contribution is 2.29. The fourth-order valence-electron chi connectivity index (χ4n) is 1.78. The van der Waals surface area contributed by atoms with Crippen LogP contribution in [-0.2, 0) is 6.54 Å². The van der Waals surface area contributed by atoms with Crippen molar-refractivity contribution in [2.24, 2.45) is 0 Å². The third-order valence-electron chi connectivity index (χ3n) is 2.68. The maximum Gasteiger partial charge on any atom is 0.392 e. The van der Waals surface area contributed by atoms with Gasteiger partial charge in [0.1, 0.15) is 4.47 Å². The van der Waals surface area contributed by atoms with Crippen molar-refractivity contribution in [1.29, 1.82) is 0 Å². The minimum Gasteiger partial charge on any atom is -0.358 e. The van der Waals surface area contributed by atoms with Gasteiger partial charge in [0.15, 0.2) is 0 Å². The molecule has 0 radical (unpaired) electrons. The Hall–Kier alpha value is -2.29. The van der Waals surface area contributed by atoms with Gasteiger partial charge in [-0.25, -0.2) is 0 Å². The quantitative estimate of drug-likeness (QED) is 0.628. The third kappa shape index (κ3) is 2.67. The van der Waals surface area contributed by atoms with E-state index in [9.17, 15) is 20.2 Å². The van der Waals surface area contributed by atoms with Crippen molar-refractivity contribution in [3.63, 3.8) is 0 Å². The standard InChI is InChI=1S/C11H9BrN4O4/c1-7-5-14(13-11(7)16(19)20)6-8-3-2-4-9(10(8)12)15(17)18/h2-5H,6H2,1H3. The molecule has 0 aliphatic rings. The number of benzene rings is 1. The highest BCUT2D eigenvalue weighted by molar-refractivity contribution is 9.10.